The minimum absolute atomic E-state index is 0.567. The Morgan fingerprint density at radius 2 is 1.89 bits per heavy atom. The summed E-state index contributed by atoms with van der Waals surface area (Å²) in [6.45, 7) is 2.06. The van der Waals surface area contributed by atoms with E-state index in [9.17, 15) is 0 Å². The molecule has 0 aliphatic heterocycles. The first-order valence-electron chi connectivity index (χ1n) is 6.19. The maximum Gasteiger partial charge on any atom is 0.141 e. The lowest BCUT2D eigenvalue weighted by Gasteiger charge is -2.02. The highest BCUT2D eigenvalue weighted by molar-refractivity contribution is 7.18. The second-order valence-corrected chi connectivity index (χ2v) is 6.08. The van der Waals surface area contributed by atoms with Gasteiger partial charge in [0.1, 0.15) is 15.8 Å². The van der Waals surface area contributed by atoms with E-state index >= 15 is 0 Å². The van der Waals surface area contributed by atoms with Crippen molar-refractivity contribution in [3.05, 3.63) is 57.8 Å². The summed E-state index contributed by atoms with van der Waals surface area (Å²) in [5.74, 6) is 0.822. The number of nitrogens with zero attached hydrogens (tertiary/aromatic N) is 2. The number of benzene rings is 1. The summed E-state index contributed by atoms with van der Waals surface area (Å²) in [6, 6.07) is 12.4. The van der Waals surface area contributed by atoms with Crippen LogP contribution in [0.25, 0.3) is 10.2 Å². The first kappa shape index (κ1) is 12.6. The van der Waals surface area contributed by atoms with Crippen molar-refractivity contribution in [2.45, 2.75) is 19.8 Å². The molecule has 0 radical (unpaired) electrons. The summed E-state index contributed by atoms with van der Waals surface area (Å²) >= 11 is 7.88. The van der Waals surface area contributed by atoms with Crippen molar-refractivity contribution in [2.75, 3.05) is 0 Å². The van der Waals surface area contributed by atoms with Crippen molar-refractivity contribution < 1.29 is 0 Å². The third-order valence-electron chi connectivity index (χ3n) is 3.00. The van der Waals surface area contributed by atoms with Crippen LogP contribution in [0.3, 0.4) is 0 Å². The third-order valence-corrected chi connectivity index (χ3v) is 4.23. The normalized spacial score (nSPS) is 11.1. The van der Waals surface area contributed by atoms with E-state index in [1.54, 1.807) is 11.3 Å². The Labute approximate surface area is 121 Å². The molecule has 96 valence electrons. The summed E-state index contributed by atoms with van der Waals surface area (Å²) in [5.41, 5.74) is 1.30. The summed E-state index contributed by atoms with van der Waals surface area (Å²) in [5, 5.41) is 1.53. The van der Waals surface area contributed by atoms with Gasteiger partial charge in [0.25, 0.3) is 0 Å². The number of rotatable bonds is 3. The predicted octanol–water partition coefficient (Wildman–Crippen LogP) is 4.44. The minimum atomic E-state index is 0.567. The van der Waals surface area contributed by atoms with Crippen molar-refractivity contribution in [1.82, 2.24) is 9.97 Å². The average molecular weight is 289 g/mol. The van der Waals surface area contributed by atoms with Gasteiger partial charge in [-0.1, -0.05) is 41.9 Å². The lowest BCUT2D eigenvalue weighted by Crippen LogP contribution is -1.98. The summed E-state index contributed by atoms with van der Waals surface area (Å²) < 4.78 is 0. The highest BCUT2D eigenvalue weighted by atomic mass is 35.5. The minimum Gasteiger partial charge on any atom is -0.222 e. The molecule has 0 aliphatic carbocycles. The molecule has 0 bridgehead atoms. The molecule has 4 heteroatoms. The van der Waals surface area contributed by atoms with Crippen LogP contribution in [0.1, 0.15) is 16.3 Å². The molecule has 1 aromatic carbocycles. The van der Waals surface area contributed by atoms with E-state index < -0.39 is 0 Å². The van der Waals surface area contributed by atoms with Gasteiger partial charge in [0, 0.05) is 16.7 Å². The second-order valence-electron chi connectivity index (χ2n) is 4.49. The van der Waals surface area contributed by atoms with Gasteiger partial charge >= 0.3 is 0 Å². The Kier molecular flexibility index (Phi) is 3.49. The Hall–Kier alpha value is -1.45. The Morgan fingerprint density at radius 3 is 2.68 bits per heavy atom. The van der Waals surface area contributed by atoms with Crippen LogP contribution in [0.4, 0.5) is 0 Å². The van der Waals surface area contributed by atoms with Crippen molar-refractivity contribution in [3.8, 4) is 0 Å². The number of halogens is 1. The molecule has 0 fully saturated rings. The molecule has 0 saturated carbocycles. The Morgan fingerprint density at radius 1 is 1.11 bits per heavy atom. The maximum absolute atomic E-state index is 6.21. The van der Waals surface area contributed by atoms with E-state index in [1.165, 1.54) is 10.4 Å². The van der Waals surface area contributed by atoms with Crippen molar-refractivity contribution in [3.63, 3.8) is 0 Å². The molecule has 0 atom stereocenters. The van der Waals surface area contributed by atoms with Crippen molar-refractivity contribution in [2.24, 2.45) is 0 Å². The molecular weight excluding hydrogens is 276 g/mol. The first-order valence-corrected chi connectivity index (χ1v) is 7.38. The highest BCUT2D eigenvalue weighted by Gasteiger charge is 2.08. The third kappa shape index (κ3) is 2.77. The molecular formula is C15H13ClN2S. The molecule has 3 aromatic rings. The summed E-state index contributed by atoms with van der Waals surface area (Å²) in [4.78, 5) is 11.2. The van der Waals surface area contributed by atoms with Gasteiger partial charge in [0.05, 0.1) is 0 Å². The molecule has 2 heterocycles. The smallest absolute Gasteiger partial charge is 0.141 e. The van der Waals surface area contributed by atoms with E-state index in [4.69, 9.17) is 11.6 Å². The van der Waals surface area contributed by atoms with Crippen LogP contribution in [0.5, 0.6) is 0 Å². The van der Waals surface area contributed by atoms with E-state index in [1.807, 2.05) is 12.1 Å². The summed E-state index contributed by atoms with van der Waals surface area (Å²) in [7, 11) is 0. The maximum atomic E-state index is 6.21. The molecule has 0 spiro atoms. The lowest BCUT2D eigenvalue weighted by atomic mass is 10.1. The van der Waals surface area contributed by atoms with Crippen LogP contribution >= 0.6 is 22.9 Å². The molecule has 0 amide bonds. The molecule has 0 N–H and O–H groups in total. The standard InChI is InChI=1S/C15H13ClN2S/c1-10-9-12-14(16)17-13(18-15(12)19-10)8-7-11-5-3-2-4-6-11/h2-6,9H,7-8H2,1H3. The number of hydrogen-bond acceptors (Lipinski definition) is 3. The highest BCUT2D eigenvalue weighted by Crippen LogP contribution is 2.28. The molecule has 2 nitrogen and oxygen atoms in total. The zero-order valence-electron chi connectivity index (χ0n) is 10.6. The molecule has 0 saturated heterocycles. The molecule has 0 aliphatic rings. The fourth-order valence-electron chi connectivity index (χ4n) is 2.06. The number of aromatic nitrogens is 2. The molecule has 2 aromatic heterocycles. The lowest BCUT2D eigenvalue weighted by molar-refractivity contribution is 0.871. The van der Waals surface area contributed by atoms with Gasteiger partial charge in [0.15, 0.2) is 0 Å². The van der Waals surface area contributed by atoms with E-state index in [0.29, 0.717) is 5.15 Å². The fraction of sp³-hybridized carbons (Fsp3) is 0.200. The number of fused-ring (bicyclic) bond motifs is 1. The molecule has 3 rings (SSSR count). The van der Waals surface area contributed by atoms with E-state index in [0.717, 1.165) is 28.9 Å². The molecule has 19 heavy (non-hydrogen) atoms. The van der Waals surface area contributed by atoms with Gasteiger partial charge < -0.3 is 0 Å². The second kappa shape index (κ2) is 5.27. The van der Waals surface area contributed by atoms with Gasteiger partial charge in [0.2, 0.25) is 0 Å². The van der Waals surface area contributed by atoms with Crippen LogP contribution in [-0.2, 0) is 12.8 Å². The fourth-order valence-corrected chi connectivity index (χ4v) is 3.26. The Balaban J connectivity index is 1.85. The largest absolute Gasteiger partial charge is 0.222 e. The van der Waals surface area contributed by atoms with Crippen LogP contribution in [0, 0.1) is 6.92 Å². The van der Waals surface area contributed by atoms with E-state index in [-0.39, 0.29) is 0 Å². The number of thiophene rings is 1. The quantitative estimate of drug-likeness (QED) is 0.666. The number of aryl methyl sites for hydroxylation is 3. The van der Waals surface area contributed by atoms with Crippen LogP contribution < -0.4 is 0 Å². The summed E-state index contributed by atoms with van der Waals surface area (Å²) in [6.07, 6.45) is 1.75. The monoisotopic (exact) mass is 288 g/mol. The zero-order chi connectivity index (χ0) is 13.2. The molecule has 0 unspecified atom stereocenters. The zero-order valence-corrected chi connectivity index (χ0v) is 12.1. The van der Waals surface area contributed by atoms with Gasteiger partial charge in [-0.25, -0.2) is 9.97 Å². The van der Waals surface area contributed by atoms with Crippen molar-refractivity contribution in [1.29, 1.82) is 0 Å². The van der Waals surface area contributed by atoms with Crippen LogP contribution in [0.15, 0.2) is 36.4 Å². The van der Waals surface area contributed by atoms with Gasteiger partial charge in [-0.3, -0.25) is 0 Å². The average Bonchev–Trinajstić information content (AvgIpc) is 2.79. The van der Waals surface area contributed by atoms with Crippen LogP contribution in [0.2, 0.25) is 5.15 Å². The topological polar surface area (TPSA) is 25.8 Å². The predicted molar refractivity (Wildman–Crippen MR) is 81.0 cm³/mol. The van der Waals surface area contributed by atoms with Gasteiger partial charge in [-0.15, -0.1) is 11.3 Å². The van der Waals surface area contributed by atoms with Gasteiger partial charge in [-0.05, 0) is 25.0 Å². The van der Waals surface area contributed by atoms with Crippen LogP contribution in [-0.4, -0.2) is 9.97 Å². The SMILES string of the molecule is Cc1cc2c(Cl)nc(CCc3ccccc3)nc2s1. The van der Waals surface area contributed by atoms with Gasteiger partial charge in [-0.2, -0.15) is 0 Å². The Bertz CT molecular complexity index is 707. The van der Waals surface area contributed by atoms with Crippen molar-refractivity contribution >= 4 is 33.2 Å². The first-order chi connectivity index (χ1) is 9.22. The van der Waals surface area contributed by atoms with E-state index in [2.05, 4.69) is 41.2 Å². The number of hydrogen-bond donors (Lipinski definition) is 0.